The van der Waals surface area contributed by atoms with Crippen molar-refractivity contribution in [3.8, 4) is 0 Å². The summed E-state index contributed by atoms with van der Waals surface area (Å²) >= 11 is 0. The molecule has 0 bridgehead atoms. The number of hydrogen-bond donors (Lipinski definition) is 1. The molecule has 11 heavy (non-hydrogen) atoms. The van der Waals surface area contributed by atoms with Gasteiger partial charge in [-0.2, -0.15) is 0 Å². The molecule has 0 aliphatic rings. The number of nitrogens with one attached hydrogen (secondary N) is 1. The summed E-state index contributed by atoms with van der Waals surface area (Å²) in [6.45, 7) is 8.13. The maximum Gasteiger partial charge on any atom is 0.216 e. The minimum absolute atomic E-state index is 0.0517. The normalized spacial score (nSPS) is 12.2. The SMILES string of the molecule is C=CC[C@H](C)CCNC(C)=O. The minimum Gasteiger partial charge on any atom is -0.356 e. The van der Waals surface area contributed by atoms with E-state index in [4.69, 9.17) is 0 Å². The van der Waals surface area contributed by atoms with Crippen molar-refractivity contribution < 1.29 is 4.79 Å². The third kappa shape index (κ3) is 7.10. The van der Waals surface area contributed by atoms with E-state index in [0.717, 1.165) is 19.4 Å². The molecule has 1 amide bonds. The van der Waals surface area contributed by atoms with E-state index < -0.39 is 0 Å². The number of hydrogen-bond acceptors (Lipinski definition) is 1. The highest BCUT2D eigenvalue weighted by Gasteiger charge is 1.98. The topological polar surface area (TPSA) is 29.1 Å². The lowest BCUT2D eigenvalue weighted by molar-refractivity contribution is -0.118. The Bertz CT molecular complexity index is 132. The van der Waals surface area contributed by atoms with Crippen LogP contribution in [0.25, 0.3) is 0 Å². The van der Waals surface area contributed by atoms with Crippen molar-refractivity contribution in [1.29, 1.82) is 0 Å². The average molecular weight is 155 g/mol. The van der Waals surface area contributed by atoms with Gasteiger partial charge in [-0.25, -0.2) is 0 Å². The zero-order valence-electron chi connectivity index (χ0n) is 7.39. The lowest BCUT2D eigenvalue weighted by Gasteiger charge is -2.07. The Morgan fingerprint density at radius 2 is 2.36 bits per heavy atom. The molecule has 0 radical (unpaired) electrons. The van der Waals surface area contributed by atoms with E-state index in [1.54, 1.807) is 0 Å². The minimum atomic E-state index is 0.0517. The summed E-state index contributed by atoms with van der Waals surface area (Å²) in [5.41, 5.74) is 0. The fraction of sp³-hybridized carbons (Fsp3) is 0.667. The molecule has 1 N–H and O–H groups in total. The van der Waals surface area contributed by atoms with E-state index in [9.17, 15) is 4.79 Å². The molecule has 1 atom stereocenters. The molecular weight excluding hydrogens is 138 g/mol. The third-order valence-corrected chi connectivity index (χ3v) is 1.58. The predicted octanol–water partition coefficient (Wildman–Crippen LogP) is 1.72. The van der Waals surface area contributed by atoms with Crippen molar-refractivity contribution in [3.05, 3.63) is 12.7 Å². The van der Waals surface area contributed by atoms with Crippen LogP contribution in [-0.4, -0.2) is 12.5 Å². The highest BCUT2D eigenvalue weighted by atomic mass is 16.1. The molecule has 0 aromatic rings. The first-order valence-electron chi connectivity index (χ1n) is 4.02. The van der Waals surface area contributed by atoms with Crippen molar-refractivity contribution >= 4 is 5.91 Å². The molecule has 0 spiro atoms. The van der Waals surface area contributed by atoms with Crippen LogP contribution >= 0.6 is 0 Å². The van der Waals surface area contributed by atoms with Gasteiger partial charge in [0.25, 0.3) is 0 Å². The maximum absolute atomic E-state index is 10.5. The zero-order chi connectivity index (χ0) is 8.69. The van der Waals surface area contributed by atoms with Crippen LogP contribution in [0.4, 0.5) is 0 Å². The Balaban J connectivity index is 3.23. The highest BCUT2D eigenvalue weighted by Crippen LogP contribution is 2.05. The molecule has 0 rings (SSSR count). The second-order valence-corrected chi connectivity index (χ2v) is 2.90. The summed E-state index contributed by atoms with van der Waals surface area (Å²) in [4.78, 5) is 10.5. The zero-order valence-corrected chi connectivity index (χ0v) is 7.39. The molecule has 0 heterocycles. The first kappa shape index (κ1) is 10.2. The molecule has 0 aliphatic carbocycles. The Kier molecular flexibility index (Phi) is 5.53. The maximum atomic E-state index is 10.5. The summed E-state index contributed by atoms with van der Waals surface area (Å²) in [5, 5.41) is 2.76. The van der Waals surface area contributed by atoms with Crippen LogP contribution in [0.5, 0.6) is 0 Å². The van der Waals surface area contributed by atoms with Crippen LogP contribution in [-0.2, 0) is 4.79 Å². The van der Waals surface area contributed by atoms with Gasteiger partial charge in [0, 0.05) is 13.5 Å². The van der Waals surface area contributed by atoms with Gasteiger partial charge in [-0.3, -0.25) is 4.79 Å². The quantitative estimate of drug-likeness (QED) is 0.602. The van der Waals surface area contributed by atoms with Crippen molar-refractivity contribution in [2.24, 2.45) is 5.92 Å². The Morgan fingerprint density at radius 1 is 1.73 bits per heavy atom. The fourth-order valence-electron chi connectivity index (χ4n) is 0.897. The van der Waals surface area contributed by atoms with Gasteiger partial charge >= 0.3 is 0 Å². The van der Waals surface area contributed by atoms with Crippen LogP contribution in [0.1, 0.15) is 26.7 Å². The summed E-state index contributed by atoms with van der Waals surface area (Å²) in [6, 6.07) is 0. The first-order valence-corrected chi connectivity index (χ1v) is 4.02. The van der Waals surface area contributed by atoms with E-state index in [2.05, 4.69) is 18.8 Å². The number of carbonyl (C=O) groups is 1. The van der Waals surface area contributed by atoms with Gasteiger partial charge in [-0.15, -0.1) is 6.58 Å². The smallest absolute Gasteiger partial charge is 0.216 e. The van der Waals surface area contributed by atoms with Crippen molar-refractivity contribution in [2.45, 2.75) is 26.7 Å². The fourth-order valence-corrected chi connectivity index (χ4v) is 0.897. The standard InChI is InChI=1S/C9H17NO/c1-4-5-8(2)6-7-10-9(3)11/h4,8H,1,5-7H2,2-3H3,(H,10,11)/t8-/m0/s1. The van der Waals surface area contributed by atoms with E-state index in [-0.39, 0.29) is 5.91 Å². The highest BCUT2D eigenvalue weighted by molar-refractivity contribution is 5.72. The second-order valence-electron chi connectivity index (χ2n) is 2.90. The molecule has 2 nitrogen and oxygen atoms in total. The predicted molar refractivity (Wildman–Crippen MR) is 47.3 cm³/mol. The van der Waals surface area contributed by atoms with E-state index >= 15 is 0 Å². The molecular formula is C9H17NO. The third-order valence-electron chi connectivity index (χ3n) is 1.58. The van der Waals surface area contributed by atoms with Crippen LogP contribution in [0, 0.1) is 5.92 Å². The molecule has 0 saturated carbocycles. The molecule has 0 saturated heterocycles. The number of rotatable bonds is 5. The van der Waals surface area contributed by atoms with Gasteiger partial charge in [0.05, 0.1) is 0 Å². The Morgan fingerprint density at radius 3 is 2.82 bits per heavy atom. The molecule has 0 fully saturated rings. The Labute approximate surface area is 68.7 Å². The van der Waals surface area contributed by atoms with E-state index in [0.29, 0.717) is 5.92 Å². The van der Waals surface area contributed by atoms with E-state index in [1.807, 2.05) is 6.08 Å². The van der Waals surface area contributed by atoms with E-state index in [1.165, 1.54) is 6.92 Å². The van der Waals surface area contributed by atoms with Crippen LogP contribution < -0.4 is 5.32 Å². The van der Waals surface area contributed by atoms with Gasteiger partial charge in [0.2, 0.25) is 5.91 Å². The van der Waals surface area contributed by atoms with Gasteiger partial charge in [0.1, 0.15) is 0 Å². The largest absolute Gasteiger partial charge is 0.356 e. The summed E-state index contributed by atoms with van der Waals surface area (Å²) in [6.07, 6.45) is 3.98. The van der Waals surface area contributed by atoms with Gasteiger partial charge < -0.3 is 5.32 Å². The van der Waals surface area contributed by atoms with Crippen molar-refractivity contribution in [1.82, 2.24) is 5.32 Å². The van der Waals surface area contributed by atoms with Crippen molar-refractivity contribution in [2.75, 3.05) is 6.54 Å². The van der Waals surface area contributed by atoms with Crippen LogP contribution in [0.2, 0.25) is 0 Å². The molecule has 2 heteroatoms. The molecule has 0 aromatic heterocycles. The van der Waals surface area contributed by atoms with Gasteiger partial charge in [-0.1, -0.05) is 13.0 Å². The summed E-state index contributed by atoms with van der Waals surface area (Å²) in [7, 11) is 0. The lowest BCUT2D eigenvalue weighted by atomic mass is 10.0. The monoisotopic (exact) mass is 155 g/mol. The van der Waals surface area contributed by atoms with Crippen LogP contribution in [0.3, 0.4) is 0 Å². The van der Waals surface area contributed by atoms with Crippen molar-refractivity contribution in [3.63, 3.8) is 0 Å². The molecule has 0 aromatic carbocycles. The Hall–Kier alpha value is -0.790. The lowest BCUT2D eigenvalue weighted by Crippen LogP contribution is -2.22. The number of amides is 1. The first-order chi connectivity index (χ1) is 5.16. The average Bonchev–Trinajstić information content (AvgIpc) is 1.87. The van der Waals surface area contributed by atoms with Crippen LogP contribution in [0.15, 0.2) is 12.7 Å². The second kappa shape index (κ2) is 5.96. The number of allylic oxidation sites excluding steroid dienone is 1. The molecule has 0 unspecified atom stereocenters. The van der Waals surface area contributed by atoms with Gasteiger partial charge in [0.15, 0.2) is 0 Å². The molecule has 0 aliphatic heterocycles. The molecule has 64 valence electrons. The number of carbonyl (C=O) groups excluding carboxylic acids is 1. The summed E-state index contributed by atoms with van der Waals surface area (Å²) in [5.74, 6) is 0.676. The van der Waals surface area contributed by atoms with Gasteiger partial charge in [-0.05, 0) is 18.8 Å². The summed E-state index contributed by atoms with van der Waals surface area (Å²) < 4.78 is 0.